The minimum absolute atomic E-state index is 0.458. The van der Waals surface area contributed by atoms with E-state index in [0.717, 1.165) is 31.9 Å². The van der Waals surface area contributed by atoms with Crippen LogP contribution < -0.4 is 10.1 Å². The van der Waals surface area contributed by atoms with Gasteiger partial charge in [-0.2, -0.15) is 0 Å². The highest BCUT2D eigenvalue weighted by Gasteiger charge is 2.19. The van der Waals surface area contributed by atoms with Crippen molar-refractivity contribution in [3.8, 4) is 5.75 Å². The Bertz CT molecular complexity index is 323. The summed E-state index contributed by atoms with van der Waals surface area (Å²) in [5.74, 6) is 0.923. The number of rotatable bonds is 3. The molecule has 1 aliphatic heterocycles. The minimum Gasteiger partial charge on any atom is -0.497 e. The summed E-state index contributed by atoms with van der Waals surface area (Å²) in [6, 6.07) is 8.81. The lowest BCUT2D eigenvalue weighted by molar-refractivity contribution is 0.210. The van der Waals surface area contributed by atoms with Gasteiger partial charge in [-0.05, 0) is 24.2 Å². The monoisotopic (exact) mass is 220 g/mol. The van der Waals surface area contributed by atoms with Gasteiger partial charge >= 0.3 is 0 Å². The number of nitrogens with zero attached hydrogens (tertiary/aromatic N) is 1. The van der Waals surface area contributed by atoms with Gasteiger partial charge in [0.2, 0.25) is 0 Å². The molecule has 0 saturated carbocycles. The first kappa shape index (κ1) is 11.4. The molecule has 0 amide bonds. The molecule has 1 fully saturated rings. The van der Waals surface area contributed by atoms with Crippen LogP contribution >= 0.6 is 0 Å². The Hall–Kier alpha value is -1.06. The molecule has 0 spiro atoms. The zero-order valence-corrected chi connectivity index (χ0v) is 10.1. The summed E-state index contributed by atoms with van der Waals surface area (Å²) in [5.41, 5.74) is 1.35. The van der Waals surface area contributed by atoms with Crippen molar-refractivity contribution in [3.63, 3.8) is 0 Å². The SMILES string of the molecule is CCN1CCN[C@@H](c2ccc(OC)cc2)C1. The smallest absolute Gasteiger partial charge is 0.118 e. The van der Waals surface area contributed by atoms with Crippen LogP contribution in [0.3, 0.4) is 0 Å². The number of benzene rings is 1. The number of methoxy groups -OCH3 is 1. The molecule has 1 atom stereocenters. The third-order valence-corrected chi connectivity index (χ3v) is 3.22. The quantitative estimate of drug-likeness (QED) is 0.838. The Morgan fingerprint density at radius 3 is 2.75 bits per heavy atom. The lowest BCUT2D eigenvalue weighted by atomic mass is 10.0. The number of hydrogen-bond acceptors (Lipinski definition) is 3. The van der Waals surface area contributed by atoms with E-state index in [2.05, 4.69) is 29.3 Å². The van der Waals surface area contributed by atoms with E-state index in [0.29, 0.717) is 6.04 Å². The zero-order chi connectivity index (χ0) is 11.4. The fraction of sp³-hybridized carbons (Fsp3) is 0.538. The van der Waals surface area contributed by atoms with Crippen molar-refractivity contribution < 1.29 is 4.74 Å². The Morgan fingerprint density at radius 2 is 2.12 bits per heavy atom. The number of piperazine rings is 1. The molecule has 1 aliphatic rings. The molecule has 1 aromatic carbocycles. The average molecular weight is 220 g/mol. The molecule has 2 rings (SSSR count). The maximum absolute atomic E-state index is 5.17. The number of hydrogen-bond donors (Lipinski definition) is 1. The third kappa shape index (κ3) is 2.54. The van der Waals surface area contributed by atoms with Gasteiger partial charge in [-0.3, -0.25) is 0 Å². The predicted octanol–water partition coefficient (Wildman–Crippen LogP) is 1.66. The Morgan fingerprint density at radius 1 is 1.38 bits per heavy atom. The van der Waals surface area contributed by atoms with E-state index in [-0.39, 0.29) is 0 Å². The van der Waals surface area contributed by atoms with Gasteiger partial charge in [-0.1, -0.05) is 19.1 Å². The topological polar surface area (TPSA) is 24.5 Å². The first-order chi connectivity index (χ1) is 7.83. The van der Waals surface area contributed by atoms with Gasteiger partial charge in [0.1, 0.15) is 5.75 Å². The summed E-state index contributed by atoms with van der Waals surface area (Å²) in [5, 5.41) is 3.55. The lowest BCUT2D eigenvalue weighted by Gasteiger charge is -2.33. The molecule has 0 bridgehead atoms. The van der Waals surface area contributed by atoms with Crippen LogP contribution in [0.5, 0.6) is 5.75 Å². The molecule has 3 nitrogen and oxygen atoms in total. The predicted molar refractivity (Wildman–Crippen MR) is 65.9 cm³/mol. The zero-order valence-electron chi connectivity index (χ0n) is 10.1. The van der Waals surface area contributed by atoms with Crippen molar-refractivity contribution in [2.24, 2.45) is 0 Å². The Kier molecular flexibility index (Phi) is 3.80. The van der Waals surface area contributed by atoms with E-state index >= 15 is 0 Å². The van der Waals surface area contributed by atoms with E-state index in [1.807, 2.05) is 12.1 Å². The van der Waals surface area contributed by atoms with Gasteiger partial charge in [-0.25, -0.2) is 0 Å². The highest BCUT2D eigenvalue weighted by Crippen LogP contribution is 2.20. The highest BCUT2D eigenvalue weighted by molar-refractivity contribution is 5.29. The van der Waals surface area contributed by atoms with E-state index in [4.69, 9.17) is 4.74 Å². The van der Waals surface area contributed by atoms with Crippen LogP contribution in [0.25, 0.3) is 0 Å². The largest absolute Gasteiger partial charge is 0.497 e. The molecule has 88 valence electrons. The molecule has 0 unspecified atom stereocenters. The fourth-order valence-electron chi connectivity index (χ4n) is 2.16. The van der Waals surface area contributed by atoms with Gasteiger partial charge in [0.15, 0.2) is 0 Å². The number of ether oxygens (including phenoxy) is 1. The van der Waals surface area contributed by atoms with Gasteiger partial charge < -0.3 is 15.0 Å². The van der Waals surface area contributed by atoms with E-state index in [1.165, 1.54) is 5.56 Å². The van der Waals surface area contributed by atoms with Crippen molar-refractivity contribution in [1.82, 2.24) is 10.2 Å². The normalized spacial score (nSPS) is 22.0. The lowest BCUT2D eigenvalue weighted by Crippen LogP contribution is -2.45. The van der Waals surface area contributed by atoms with Crippen molar-refractivity contribution in [1.29, 1.82) is 0 Å². The van der Waals surface area contributed by atoms with Gasteiger partial charge in [0.25, 0.3) is 0 Å². The van der Waals surface area contributed by atoms with Crippen molar-refractivity contribution >= 4 is 0 Å². The highest BCUT2D eigenvalue weighted by atomic mass is 16.5. The maximum Gasteiger partial charge on any atom is 0.118 e. The molecular formula is C13H20N2O. The van der Waals surface area contributed by atoms with Crippen molar-refractivity contribution in [2.45, 2.75) is 13.0 Å². The second-order valence-corrected chi connectivity index (χ2v) is 4.17. The second-order valence-electron chi connectivity index (χ2n) is 4.17. The summed E-state index contributed by atoms with van der Waals surface area (Å²) < 4.78 is 5.17. The van der Waals surface area contributed by atoms with E-state index < -0.39 is 0 Å². The Balaban J connectivity index is 2.05. The Labute approximate surface area is 97.4 Å². The molecule has 1 saturated heterocycles. The molecular weight excluding hydrogens is 200 g/mol. The van der Waals surface area contributed by atoms with E-state index in [1.54, 1.807) is 7.11 Å². The fourth-order valence-corrected chi connectivity index (χ4v) is 2.16. The summed E-state index contributed by atoms with van der Waals surface area (Å²) in [4.78, 5) is 2.48. The minimum atomic E-state index is 0.458. The summed E-state index contributed by atoms with van der Waals surface area (Å²) in [6.07, 6.45) is 0. The molecule has 0 radical (unpaired) electrons. The van der Waals surface area contributed by atoms with Crippen LogP contribution in [0.1, 0.15) is 18.5 Å². The summed E-state index contributed by atoms with van der Waals surface area (Å²) in [7, 11) is 1.70. The molecule has 3 heteroatoms. The average Bonchev–Trinajstić information content (AvgIpc) is 2.39. The van der Waals surface area contributed by atoms with Gasteiger partial charge in [-0.15, -0.1) is 0 Å². The first-order valence-corrected chi connectivity index (χ1v) is 5.93. The molecule has 16 heavy (non-hydrogen) atoms. The van der Waals surface area contributed by atoms with E-state index in [9.17, 15) is 0 Å². The van der Waals surface area contributed by atoms with Crippen molar-refractivity contribution in [2.75, 3.05) is 33.3 Å². The maximum atomic E-state index is 5.17. The van der Waals surface area contributed by atoms with Crippen LogP contribution in [0.2, 0.25) is 0 Å². The molecule has 0 aromatic heterocycles. The second kappa shape index (κ2) is 5.32. The van der Waals surface area contributed by atoms with Crippen LogP contribution in [-0.2, 0) is 0 Å². The summed E-state index contributed by atoms with van der Waals surface area (Å²) in [6.45, 7) is 6.68. The standard InChI is InChI=1S/C13H20N2O/c1-3-15-9-8-14-13(10-15)11-4-6-12(16-2)7-5-11/h4-7,13-14H,3,8-10H2,1-2H3/t13-/m1/s1. The van der Waals surface area contributed by atoms with Gasteiger partial charge in [0.05, 0.1) is 7.11 Å². The van der Waals surface area contributed by atoms with Crippen molar-refractivity contribution in [3.05, 3.63) is 29.8 Å². The number of nitrogens with one attached hydrogen (secondary N) is 1. The molecule has 1 N–H and O–H groups in total. The van der Waals surface area contributed by atoms with Crippen LogP contribution in [0.15, 0.2) is 24.3 Å². The molecule has 0 aliphatic carbocycles. The molecule has 1 aromatic rings. The van der Waals surface area contributed by atoms with Crippen LogP contribution in [-0.4, -0.2) is 38.2 Å². The van der Waals surface area contributed by atoms with Gasteiger partial charge in [0, 0.05) is 25.7 Å². The molecule has 1 heterocycles. The first-order valence-electron chi connectivity index (χ1n) is 5.93. The summed E-state index contributed by atoms with van der Waals surface area (Å²) >= 11 is 0. The van der Waals surface area contributed by atoms with Crippen LogP contribution in [0.4, 0.5) is 0 Å². The number of likely N-dealkylation sites (N-methyl/N-ethyl adjacent to an activating group) is 1. The third-order valence-electron chi connectivity index (χ3n) is 3.22. The van der Waals surface area contributed by atoms with Crippen LogP contribution in [0, 0.1) is 0 Å².